The summed E-state index contributed by atoms with van der Waals surface area (Å²) < 4.78 is 34.3. The number of phosphoric ester groups is 1. The van der Waals surface area contributed by atoms with Gasteiger partial charge < -0.3 is 39.9 Å². The molecular formula is C50H91O12P. The Labute approximate surface area is 382 Å². The molecule has 6 unspecified atom stereocenters. The van der Waals surface area contributed by atoms with Crippen molar-refractivity contribution in [2.75, 3.05) is 19.8 Å². The van der Waals surface area contributed by atoms with Crippen LogP contribution in [0.2, 0.25) is 0 Å². The first-order valence-electron chi connectivity index (χ1n) is 25.0. The number of aliphatic hydroxyl groups excluding tert-OH is 5. The summed E-state index contributed by atoms with van der Waals surface area (Å²) in [5.74, 6) is -0.485. The molecule has 368 valence electrons. The Morgan fingerprint density at radius 2 is 0.937 bits per heavy atom. The Hall–Kier alpha value is -1.70. The van der Waals surface area contributed by atoms with E-state index in [4.69, 9.17) is 18.5 Å². The highest BCUT2D eigenvalue weighted by molar-refractivity contribution is 7.47. The molecule has 6 atom stereocenters. The summed E-state index contributed by atoms with van der Waals surface area (Å²) in [6.07, 6.45) is 37.4. The summed E-state index contributed by atoms with van der Waals surface area (Å²) in [5.41, 5.74) is 0. The molecule has 0 amide bonds. The van der Waals surface area contributed by atoms with Crippen LogP contribution < -0.4 is 0 Å². The van der Waals surface area contributed by atoms with Gasteiger partial charge in [-0.2, -0.15) is 0 Å². The summed E-state index contributed by atoms with van der Waals surface area (Å²) in [6, 6.07) is 0. The van der Waals surface area contributed by atoms with Crippen LogP contribution in [-0.4, -0.2) is 98.9 Å². The minimum absolute atomic E-state index is 0.0839. The second-order valence-electron chi connectivity index (χ2n) is 17.3. The predicted molar refractivity (Wildman–Crippen MR) is 253 cm³/mol. The van der Waals surface area contributed by atoms with E-state index in [2.05, 4.69) is 62.5 Å². The predicted octanol–water partition coefficient (Wildman–Crippen LogP) is 10.8. The molecule has 0 saturated heterocycles. The second kappa shape index (κ2) is 40.6. The topological polar surface area (TPSA) is 192 Å². The zero-order valence-electron chi connectivity index (χ0n) is 39.4. The number of hydrogen-bond donors (Lipinski definition) is 6. The first-order valence-corrected chi connectivity index (χ1v) is 26.5. The maximum Gasteiger partial charge on any atom is 0.472 e. The summed E-state index contributed by atoms with van der Waals surface area (Å²) in [6.45, 7) is 4.14. The molecule has 0 aromatic heterocycles. The van der Waals surface area contributed by atoms with Crippen molar-refractivity contribution in [3.63, 3.8) is 0 Å². The Bertz CT molecular complexity index is 1230. The summed E-state index contributed by atoms with van der Waals surface area (Å²) >= 11 is 0. The summed E-state index contributed by atoms with van der Waals surface area (Å²) in [4.78, 5) is 23.2. The van der Waals surface area contributed by atoms with E-state index in [-0.39, 0.29) is 13.0 Å². The van der Waals surface area contributed by atoms with E-state index in [1.807, 2.05) is 0 Å². The monoisotopic (exact) mass is 915 g/mol. The average Bonchev–Trinajstić information content (AvgIpc) is 3.27. The minimum atomic E-state index is -5.02. The zero-order valence-corrected chi connectivity index (χ0v) is 40.3. The average molecular weight is 915 g/mol. The van der Waals surface area contributed by atoms with Gasteiger partial charge in [-0.3, -0.25) is 13.8 Å². The Balaban J connectivity index is 2.36. The molecule has 0 bridgehead atoms. The first-order chi connectivity index (χ1) is 30.5. The van der Waals surface area contributed by atoms with Gasteiger partial charge in [0.1, 0.15) is 42.7 Å². The molecule has 1 aliphatic carbocycles. The minimum Gasteiger partial charge on any atom is -0.457 e. The number of allylic oxidation sites excluding steroid dienone is 8. The smallest absolute Gasteiger partial charge is 0.457 e. The van der Waals surface area contributed by atoms with Crippen LogP contribution in [0.15, 0.2) is 48.6 Å². The highest BCUT2D eigenvalue weighted by atomic mass is 31.2. The molecule has 1 saturated carbocycles. The quantitative estimate of drug-likeness (QED) is 0.0147. The summed E-state index contributed by atoms with van der Waals surface area (Å²) in [7, 11) is -5.02. The van der Waals surface area contributed by atoms with Crippen LogP contribution in [0, 0.1) is 0 Å². The molecule has 1 fully saturated rings. The Morgan fingerprint density at radius 3 is 1.44 bits per heavy atom. The Kier molecular flexibility index (Phi) is 38.2. The van der Waals surface area contributed by atoms with E-state index in [9.17, 15) is 39.8 Å². The SMILES string of the molecule is CC/C=C\C/C=C\C/C=C\CCCCCCCCCCOCC(COP(=O)(O)OC1C(O)C(O)C(O)C(O)C1O)OC(=O)CCCCCCCCC/C=C\CCCCCCCCC. The molecule has 0 radical (unpaired) electrons. The molecule has 1 rings (SSSR count). The largest absolute Gasteiger partial charge is 0.472 e. The van der Waals surface area contributed by atoms with Gasteiger partial charge in [0, 0.05) is 13.0 Å². The number of unbranched alkanes of at least 4 members (excludes halogenated alkanes) is 22. The van der Waals surface area contributed by atoms with Crippen molar-refractivity contribution in [1.82, 2.24) is 0 Å². The van der Waals surface area contributed by atoms with E-state index in [0.29, 0.717) is 13.0 Å². The number of esters is 1. The number of phosphoric acid groups is 1. The lowest BCUT2D eigenvalue weighted by Crippen LogP contribution is -2.64. The molecule has 0 aliphatic heterocycles. The van der Waals surface area contributed by atoms with Crippen molar-refractivity contribution in [3.8, 4) is 0 Å². The molecule has 13 heteroatoms. The van der Waals surface area contributed by atoms with Gasteiger partial charge in [0.15, 0.2) is 0 Å². The normalized spacial score (nSPS) is 22.2. The molecule has 0 aromatic rings. The van der Waals surface area contributed by atoms with Gasteiger partial charge in [-0.15, -0.1) is 0 Å². The lowest BCUT2D eigenvalue weighted by Gasteiger charge is -2.41. The summed E-state index contributed by atoms with van der Waals surface area (Å²) in [5, 5.41) is 50.3. The molecular weight excluding hydrogens is 824 g/mol. The van der Waals surface area contributed by atoms with Crippen LogP contribution in [0.4, 0.5) is 0 Å². The third-order valence-corrected chi connectivity index (χ3v) is 12.4. The second-order valence-corrected chi connectivity index (χ2v) is 18.7. The van der Waals surface area contributed by atoms with Crippen molar-refractivity contribution >= 4 is 13.8 Å². The maximum atomic E-state index is 12.8. The van der Waals surface area contributed by atoms with Gasteiger partial charge in [-0.25, -0.2) is 4.57 Å². The van der Waals surface area contributed by atoms with Crippen LogP contribution in [0.1, 0.15) is 200 Å². The molecule has 63 heavy (non-hydrogen) atoms. The van der Waals surface area contributed by atoms with Crippen molar-refractivity contribution in [1.29, 1.82) is 0 Å². The van der Waals surface area contributed by atoms with Gasteiger partial charge in [0.25, 0.3) is 0 Å². The molecule has 0 spiro atoms. The fourth-order valence-corrected chi connectivity index (χ4v) is 8.46. The number of carbonyl (C=O) groups is 1. The van der Waals surface area contributed by atoms with Crippen LogP contribution in [-0.2, 0) is 27.9 Å². The van der Waals surface area contributed by atoms with E-state index >= 15 is 0 Å². The van der Waals surface area contributed by atoms with Crippen molar-refractivity contribution in [2.24, 2.45) is 0 Å². The van der Waals surface area contributed by atoms with Crippen LogP contribution >= 0.6 is 7.82 Å². The third-order valence-electron chi connectivity index (χ3n) is 11.4. The zero-order chi connectivity index (χ0) is 46.2. The van der Waals surface area contributed by atoms with Gasteiger partial charge in [0.2, 0.25) is 0 Å². The van der Waals surface area contributed by atoms with Gasteiger partial charge in [-0.1, -0.05) is 172 Å². The fourth-order valence-electron chi connectivity index (χ4n) is 7.48. The van der Waals surface area contributed by atoms with E-state index in [0.717, 1.165) is 83.5 Å². The third kappa shape index (κ3) is 32.6. The maximum absolute atomic E-state index is 12.8. The number of carbonyl (C=O) groups excluding carboxylic acids is 1. The molecule has 6 N–H and O–H groups in total. The molecule has 1 aliphatic rings. The van der Waals surface area contributed by atoms with Crippen LogP contribution in [0.25, 0.3) is 0 Å². The standard InChI is InChI=1S/C50H91O12P/c1-3-5-7-9-11-13-15-17-19-21-23-25-27-29-31-33-35-37-39-44(51)61-43(42-60-63(57,58)62-50-48(55)46(53)45(52)47(54)49(50)56)41-59-40-38-36-34-32-30-28-26-24-22-20-18-16-14-12-10-8-6-4-2/h6,8,12,14,18-21,43,45-50,52-56H,3-5,7,9-11,13,15-17,22-42H2,1-2H3,(H,57,58)/b8-6-,14-12-,20-18-,21-19-. The number of aliphatic hydroxyl groups is 5. The lowest BCUT2D eigenvalue weighted by atomic mass is 9.85. The van der Waals surface area contributed by atoms with Gasteiger partial charge in [0.05, 0.1) is 13.2 Å². The van der Waals surface area contributed by atoms with Crippen LogP contribution in [0.3, 0.4) is 0 Å². The van der Waals surface area contributed by atoms with Crippen molar-refractivity contribution < 1.29 is 58.3 Å². The lowest BCUT2D eigenvalue weighted by molar-refractivity contribution is -0.220. The highest BCUT2D eigenvalue weighted by Crippen LogP contribution is 2.47. The van der Waals surface area contributed by atoms with E-state index in [1.165, 1.54) is 89.9 Å². The van der Waals surface area contributed by atoms with E-state index in [1.54, 1.807) is 0 Å². The van der Waals surface area contributed by atoms with Crippen LogP contribution in [0.5, 0.6) is 0 Å². The number of ether oxygens (including phenoxy) is 2. The molecule has 0 heterocycles. The van der Waals surface area contributed by atoms with Crippen molar-refractivity contribution in [2.45, 2.75) is 243 Å². The van der Waals surface area contributed by atoms with Gasteiger partial charge >= 0.3 is 13.8 Å². The van der Waals surface area contributed by atoms with Crippen molar-refractivity contribution in [3.05, 3.63) is 48.6 Å². The molecule has 12 nitrogen and oxygen atoms in total. The Morgan fingerprint density at radius 1 is 0.524 bits per heavy atom. The van der Waals surface area contributed by atoms with E-state index < -0.39 is 63.1 Å². The highest BCUT2D eigenvalue weighted by Gasteiger charge is 2.51. The number of rotatable bonds is 42. The molecule has 0 aromatic carbocycles. The fraction of sp³-hybridized carbons (Fsp3) is 0.820. The number of hydrogen-bond acceptors (Lipinski definition) is 11. The van der Waals surface area contributed by atoms with Gasteiger partial charge in [-0.05, 0) is 70.6 Å². The first kappa shape index (κ1) is 59.3.